The summed E-state index contributed by atoms with van der Waals surface area (Å²) < 4.78 is 7.08. The molecule has 1 aromatic carbocycles. The van der Waals surface area contributed by atoms with Gasteiger partial charge < -0.3 is 9.30 Å². The molecule has 25 heavy (non-hydrogen) atoms. The van der Waals surface area contributed by atoms with Crippen molar-refractivity contribution >= 4 is 56.7 Å². The van der Waals surface area contributed by atoms with Gasteiger partial charge in [0.05, 0.1) is 32.7 Å². The van der Waals surface area contributed by atoms with Crippen LogP contribution in [-0.2, 0) is 16.1 Å². The molecule has 4 nitrogen and oxygen atoms in total. The summed E-state index contributed by atoms with van der Waals surface area (Å²) in [4.78, 5) is 12.1. The summed E-state index contributed by atoms with van der Waals surface area (Å²) in [6.07, 6.45) is 0. The van der Waals surface area contributed by atoms with E-state index in [1.807, 2.05) is 0 Å². The second-order valence-corrected chi connectivity index (χ2v) is 8.00. The van der Waals surface area contributed by atoms with E-state index < -0.39 is 5.41 Å². The van der Waals surface area contributed by atoms with E-state index in [2.05, 4.69) is 22.0 Å². The van der Waals surface area contributed by atoms with Gasteiger partial charge in [0.1, 0.15) is 16.8 Å². The largest absolute Gasteiger partial charge is 0.469 e. The standard InChI is InChI=1S/C17H14BrCl3N2O2/c1-17(2,16(24)25-3)8-23-14(13(18)10(7-22)15(23)21)9-4-5-11(19)12(20)6-9/h4-6H,8H2,1-3H3. The van der Waals surface area contributed by atoms with Gasteiger partial charge in [0, 0.05) is 12.1 Å². The van der Waals surface area contributed by atoms with E-state index in [0.29, 0.717) is 25.8 Å². The van der Waals surface area contributed by atoms with Crippen molar-refractivity contribution in [1.82, 2.24) is 4.57 Å². The number of esters is 1. The van der Waals surface area contributed by atoms with Gasteiger partial charge in [-0.15, -0.1) is 0 Å². The molecular formula is C17H14BrCl3N2O2. The summed E-state index contributed by atoms with van der Waals surface area (Å²) in [6.45, 7) is 3.70. The summed E-state index contributed by atoms with van der Waals surface area (Å²) in [6, 6.07) is 7.19. The van der Waals surface area contributed by atoms with Crippen molar-refractivity contribution < 1.29 is 9.53 Å². The number of carbonyl (C=O) groups excluding carboxylic acids is 1. The Morgan fingerprint density at radius 3 is 2.48 bits per heavy atom. The Labute approximate surface area is 169 Å². The first-order valence-corrected chi connectivity index (χ1v) is 9.08. The molecular weight excluding hydrogens is 450 g/mol. The number of benzene rings is 1. The van der Waals surface area contributed by atoms with Crippen LogP contribution in [-0.4, -0.2) is 17.6 Å². The molecule has 0 saturated carbocycles. The monoisotopic (exact) mass is 462 g/mol. The Balaban J connectivity index is 2.69. The molecule has 1 heterocycles. The molecule has 2 rings (SSSR count). The molecule has 0 amide bonds. The highest BCUT2D eigenvalue weighted by Crippen LogP contribution is 2.41. The lowest BCUT2D eigenvalue weighted by Crippen LogP contribution is -2.31. The van der Waals surface area contributed by atoms with Crippen molar-refractivity contribution in [1.29, 1.82) is 5.26 Å². The van der Waals surface area contributed by atoms with Crippen molar-refractivity contribution in [2.75, 3.05) is 7.11 Å². The molecule has 0 spiro atoms. The van der Waals surface area contributed by atoms with Crippen LogP contribution >= 0.6 is 50.7 Å². The molecule has 0 unspecified atom stereocenters. The topological polar surface area (TPSA) is 55.0 Å². The van der Waals surface area contributed by atoms with Crippen molar-refractivity contribution in [2.45, 2.75) is 20.4 Å². The van der Waals surface area contributed by atoms with Gasteiger partial charge in [0.25, 0.3) is 0 Å². The number of methoxy groups -OCH3 is 1. The lowest BCUT2D eigenvalue weighted by molar-refractivity contribution is -0.151. The maximum absolute atomic E-state index is 12.1. The number of ether oxygens (including phenoxy) is 1. The lowest BCUT2D eigenvalue weighted by Gasteiger charge is -2.24. The number of rotatable bonds is 4. The van der Waals surface area contributed by atoms with Crippen molar-refractivity contribution in [3.05, 3.63) is 43.4 Å². The van der Waals surface area contributed by atoms with Gasteiger partial charge in [0.2, 0.25) is 0 Å². The van der Waals surface area contributed by atoms with Gasteiger partial charge in [-0.1, -0.05) is 40.9 Å². The maximum atomic E-state index is 12.1. The average molecular weight is 465 g/mol. The Hall–Kier alpha value is -1.19. The van der Waals surface area contributed by atoms with Gasteiger partial charge in [-0.3, -0.25) is 4.79 Å². The Bertz CT molecular complexity index is 885. The highest BCUT2D eigenvalue weighted by atomic mass is 79.9. The zero-order chi connectivity index (χ0) is 18.9. The smallest absolute Gasteiger partial charge is 0.313 e. The minimum atomic E-state index is -0.853. The Kier molecular flexibility index (Phi) is 6.11. The van der Waals surface area contributed by atoms with Crippen molar-refractivity contribution in [2.24, 2.45) is 5.41 Å². The molecule has 0 aliphatic carbocycles. The average Bonchev–Trinajstić information content (AvgIpc) is 2.79. The normalized spacial score (nSPS) is 11.3. The fourth-order valence-corrected chi connectivity index (χ4v) is 3.88. The molecule has 0 bridgehead atoms. The third-order valence-corrected chi connectivity index (χ3v) is 5.64. The SMILES string of the molecule is COC(=O)C(C)(C)Cn1c(Cl)c(C#N)c(Br)c1-c1ccc(Cl)c(Cl)c1. The highest BCUT2D eigenvalue weighted by molar-refractivity contribution is 9.10. The molecule has 0 fully saturated rings. The van der Waals surface area contributed by atoms with E-state index in [0.717, 1.165) is 0 Å². The van der Waals surface area contributed by atoms with Gasteiger partial charge in [-0.25, -0.2) is 0 Å². The van der Waals surface area contributed by atoms with Gasteiger partial charge in [0.15, 0.2) is 0 Å². The number of carbonyl (C=O) groups is 1. The number of nitrogens with zero attached hydrogens (tertiary/aromatic N) is 2. The summed E-state index contributed by atoms with van der Waals surface area (Å²) >= 11 is 22.0. The molecule has 2 aromatic rings. The van der Waals surface area contributed by atoms with E-state index in [-0.39, 0.29) is 23.2 Å². The minimum absolute atomic E-state index is 0.217. The van der Waals surface area contributed by atoms with Crippen LogP contribution in [0.4, 0.5) is 0 Å². The number of nitriles is 1. The first-order valence-electron chi connectivity index (χ1n) is 7.15. The van der Waals surface area contributed by atoms with Crippen LogP contribution in [0.1, 0.15) is 19.4 Å². The predicted molar refractivity (Wildman–Crippen MR) is 103 cm³/mol. The number of aromatic nitrogens is 1. The Morgan fingerprint density at radius 2 is 1.96 bits per heavy atom. The molecule has 0 N–H and O–H groups in total. The van der Waals surface area contributed by atoms with E-state index in [9.17, 15) is 10.1 Å². The molecule has 8 heteroatoms. The molecule has 0 atom stereocenters. The fraction of sp³-hybridized carbons (Fsp3) is 0.294. The molecule has 0 radical (unpaired) electrons. The molecule has 0 saturated heterocycles. The molecule has 0 aliphatic heterocycles. The zero-order valence-corrected chi connectivity index (χ0v) is 17.5. The van der Waals surface area contributed by atoms with E-state index in [1.165, 1.54) is 7.11 Å². The lowest BCUT2D eigenvalue weighted by atomic mass is 9.93. The van der Waals surface area contributed by atoms with Crippen LogP contribution in [0.15, 0.2) is 22.7 Å². The summed E-state index contributed by atoms with van der Waals surface area (Å²) in [5, 5.41) is 10.4. The maximum Gasteiger partial charge on any atom is 0.313 e. The van der Waals surface area contributed by atoms with Gasteiger partial charge >= 0.3 is 5.97 Å². The van der Waals surface area contributed by atoms with Crippen LogP contribution in [0, 0.1) is 16.7 Å². The summed E-state index contributed by atoms with van der Waals surface area (Å²) in [5.41, 5.74) is 0.778. The first kappa shape index (κ1) is 20.1. The van der Waals surface area contributed by atoms with Gasteiger partial charge in [-0.05, 0) is 41.9 Å². The third kappa shape index (κ3) is 3.83. The third-order valence-electron chi connectivity index (χ3n) is 3.74. The summed E-state index contributed by atoms with van der Waals surface area (Å²) in [5.74, 6) is -0.382. The predicted octanol–water partition coefficient (Wildman–Crippen LogP) is 5.95. The molecule has 1 aromatic heterocycles. The van der Waals surface area contributed by atoms with Crippen molar-refractivity contribution in [3.8, 4) is 17.3 Å². The van der Waals surface area contributed by atoms with E-state index in [1.54, 1.807) is 36.6 Å². The second kappa shape index (κ2) is 7.59. The zero-order valence-electron chi connectivity index (χ0n) is 13.7. The minimum Gasteiger partial charge on any atom is -0.469 e. The van der Waals surface area contributed by atoms with Crippen LogP contribution in [0.3, 0.4) is 0 Å². The van der Waals surface area contributed by atoms with E-state index >= 15 is 0 Å². The summed E-state index contributed by atoms with van der Waals surface area (Å²) in [7, 11) is 1.33. The van der Waals surface area contributed by atoms with Crippen LogP contribution in [0.5, 0.6) is 0 Å². The number of hydrogen-bond donors (Lipinski definition) is 0. The van der Waals surface area contributed by atoms with Gasteiger partial charge in [-0.2, -0.15) is 5.26 Å². The first-order chi connectivity index (χ1) is 11.6. The van der Waals surface area contributed by atoms with Crippen LogP contribution in [0.2, 0.25) is 15.2 Å². The Morgan fingerprint density at radius 1 is 1.32 bits per heavy atom. The quantitative estimate of drug-likeness (QED) is 0.526. The fourth-order valence-electron chi connectivity index (χ4n) is 2.47. The molecule has 0 aliphatic rings. The van der Waals surface area contributed by atoms with Crippen LogP contribution in [0.25, 0.3) is 11.3 Å². The number of halogens is 4. The number of hydrogen-bond acceptors (Lipinski definition) is 3. The van der Waals surface area contributed by atoms with Crippen LogP contribution < -0.4 is 0 Å². The van der Waals surface area contributed by atoms with Crippen molar-refractivity contribution in [3.63, 3.8) is 0 Å². The highest BCUT2D eigenvalue weighted by Gasteiger charge is 2.33. The second-order valence-electron chi connectivity index (χ2n) is 6.03. The van der Waals surface area contributed by atoms with E-state index in [4.69, 9.17) is 39.5 Å². The molecule has 132 valence electrons.